The van der Waals surface area contributed by atoms with Crippen molar-refractivity contribution in [3.05, 3.63) is 64.1 Å². The van der Waals surface area contributed by atoms with Crippen LogP contribution in [0.25, 0.3) is 27.9 Å². The van der Waals surface area contributed by atoms with Crippen molar-refractivity contribution in [1.29, 1.82) is 0 Å². The third-order valence-electron chi connectivity index (χ3n) is 3.88. The van der Waals surface area contributed by atoms with Gasteiger partial charge in [0.2, 0.25) is 0 Å². The van der Waals surface area contributed by atoms with Gasteiger partial charge >= 0.3 is 6.18 Å². The third-order valence-corrected chi connectivity index (χ3v) is 3.88. The van der Waals surface area contributed by atoms with Gasteiger partial charge in [-0.1, -0.05) is 30.3 Å². The number of pyridine rings is 1. The van der Waals surface area contributed by atoms with E-state index in [-0.39, 0.29) is 17.0 Å². The molecule has 0 spiro atoms. The van der Waals surface area contributed by atoms with Gasteiger partial charge < -0.3 is 0 Å². The zero-order chi connectivity index (χ0) is 17.8. The number of benzene rings is 1. The summed E-state index contributed by atoms with van der Waals surface area (Å²) in [7, 11) is 0. The summed E-state index contributed by atoms with van der Waals surface area (Å²) in [6, 6.07) is 10.9. The zero-order valence-electron chi connectivity index (χ0n) is 12.9. The van der Waals surface area contributed by atoms with Crippen molar-refractivity contribution >= 4 is 16.7 Å². The van der Waals surface area contributed by atoms with Gasteiger partial charge in [0.1, 0.15) is 0 Å². The molecule has 1 aromatic carbocycles. The largest absolute Gasteiger partial charge is 0.417 e. The first-order valence-electron chi connectivity index (χ1n) is 7.40. The number of nitrogens with zero attached hydrogens (tertiary/aromatic N) is 3. The Hall–Kier alpha value is -3.16. The van der Waals surface area contributed by atoms with Crippen LogP contribution in [-0.4, -0.2) is 19.6 Å². The Bertz CT molecular complexity index is 1160. The maximum atomic E-state index is 13.6. The molecule has 0 saturated heterocycles. The van der Waals surface area contributed by atoms with Crippen LogP contribution in [0.4, 0.5) is 13.2 Å². The van der Waals surface area contributed by atoms with Crippen LogP contribution in [0, 0.1) is 6.92 Å². The van der Waals surface area contributed by atoms with Gasteiger partial charge in [-0.15, -0.1) is 0 Å². The van der Waals surface area contributed by atoms with Crippen LogP contribution in [-0.2, 0) is 6.18 Å². The van der Waals surface area contributed by atoms with Gasteiger partial charge in [0.15, 0.2) is 11.3 Å². The third kappa shape index (κ3) is 2.46. The Labute approximate surface area is 138 Å². The van der Waals surface area contributed by atoms with Crippen molar-refractivity contribution in [2.45, 2.75) is 13.1 Å². The molecule has 0 aliphatic rings. The van der Waals surface area contributed by atoms with E-state index in [1.165, 1.54) is 0 Å². The number of halogens is 3. The van der Waals surface area contributed by atoms with Crippen molar-refractivity contribution in [2.75, 3.05) is 0 Å². The number of hydrogen-bond donors (Lipinski definition) is 1. The summed E-state index contributed by atoms with van der Waals surface area (Å²) in [5, 5.41) is 2.14. The molecular weight excluding hydrogens is 333 g/mol. The van der Waals surface area contributed by atoms with Crippen molar-refractivity contribution in [1.82, 2.24) is 19.6 Å². The van der Waals surface area contributed by atoms with Crippen molar-refractivity contribution in [3.8, 4) is 11.3 Å². The summed E-state index contributed by atoms with van der Waals surface area (Å²) in [4.78, 5) is 20.9. The Morgan fingerprint density at radius 3 is 2.48 bits per heavy atom. The van der Waals surface area contributed by atoms with Gasteiger partial charge in [-0.3, -0.25) is 9.89 Å². The van der Waals surface area contributed by atoms with Crippen molar-refractivity contribution < 1.29 is 13.2 Å². The molecule has 8 heteroatoms. The zero-order valence-corrected chi connectivity index (χ0v) is 12.9. The minimum absolute atomic E-state index is 0.115. The van der Waals surface area contributed by atoms with Gasteiger partial charge in [-0.2, -0.15) is 13.2 Å². The first-order chi connectivity index (χ1) is 11.8. The lowest BCUT2D eigenvalue weighted by molar-refractivity contribution is -0.136. The molecule has 0 radical (unpaired) electrons. The maximum absolute atomic E-state index is 13.6. The number of nitrogens with one attached hydrogen (secondary N) is 1. The number of aromatic nitrogens is 4. The molecule has 0 unspecified atom stereocenters. The monoisotopic (exact) mass is 344 g/mol. The molecule has 3 aromatic heterocycles. The number of fused-ring (bicyclic) bond motifs is 2. The normalized spacial score (nSPS) is 12.2. The smallest absolute Gasteiger partial charge is 0.294 e. The van der Waals surface area contributed by atoms with E-state index in [4.69, 9.17) is 0 Å². The highest BCUT2D eigenvalue weighted by atomic mass is 19.4. The Morgan fingerprint density at radius 1 is 1.08 bits per heavy atom. The van der Waals surface area contributed by atoms with Gasteiger partial charge in [0, 0.05) is 17.3 Å². The minimum Gasteiger partial charge on any atom is -0.294 e. The predicted molar refractivity (Wildman–Crippen MR) is 86.3 cm³/mol. The van der Waals surface area contributed by atoms with Crippen LogP contribution in [0.1, 0.15) is 11.3 Å². The van der Waals surface area contributed by atoms with Crippen molar-refractivity contribution in [2.24, 2.45) is 0 Å². The average Bonchev–Trinajstić information content (AvgIpc) is 2.94. The summed E-state index contributed by atoms with van der Waals surface area (Å²) >= 11 is 0. The molecule has 0 fully saturated rings. The highest BCUT2D eigenvalue weighted by molar-refractivity contribution is 5.83. The second-order valence-corrected chi connectivity index (χ2v) is 5.67. The van der Waals surface area contributed by atoms with E-state index in [0.29, 0.717) is 11.3 Å². The lowest BCUT2D eigenvalue weighted by Gasteiger charge is -2.12. The second-order valence-electron chi connectivity index (χ2n) is 5.67. The number of alkyl halides is 3. The van der Waals surface area contributed by atoms with Crippen molar-refractivity contribution in [3.63, 3.8) is 0 Å². The summed E-state index contributed by atoms with van der Waals surface area (Å²) in [6.45, 7) is 1.69. The van der Waals surface area contributed by atoms with Crippen LogP contribution < -0.4 is 5.56 Å². The molecule has 0 atom stereocenters. The molecule has 4 aromatic rings. The SMILES string of the molecule is Cc1cc2nc3nc(-c4ccccc4)cc(C(F)(F)F)c3c(=O)n2[nH]1. The Kier molecular flexibility index (Phi) is 3.18. The molecule has 0 amide bonds. The van der Waals surface area contributed by atoms with Crippen LogP contribution in [0.2, 0.25) is 0 Å². The van der Waals surface area contributed by atoms with Crippen LogP contribution >= 0.6 is 0 Å². The standard InChI is InChI=1S/C17H11F3N4O/c1-9-7-13-22-15-14(16(25)24(13)23-9)11(17(18,19)20)8-12(21-15)10-5-3-2-4-6-10/h2-8,23H,1H3. The summed E-state index contributed by atoms with van der Waals surface area (Å²) in [5.41, 5.74) is -0.635. The molecule has 0 aliphatic heterocycles. The van der Waals surface area contributed by atoms with Gasteiger partial charge in [0.05, 0.1) is 16.6 Å². The highest BCUT2D eigenvalue weighted by Crippen LogP contribution is 2.35. The summed E-state index contributed by atoms with van der Waals surface area (Å²) in [5.74, 6) is 0. The number of rotatable bonds is 1. The first kappa shape index (κ1) is 15.4. The van der Waals surface area contributed by atoms with Crippen LogP contribution in [0.3, 0.4) is 0 Å². The van der Waals surface area contributed by atoms with Crippen LogP contribution in [0.5, 0.6) is 0 Å². The fourth-order valence-corrected chi connectivity index (χ4v) is 2.79. The van der Waals surface area contributed by atoms with E-state index < -0.39 is 22.7 Å². The fourth-order valence-electron chi connectivity index (χ4n) is 2.79. The van der Waals surface area contributed by atoms with Gasteiger partial charge in [0.25, 0.3) is 5.56 Å². The minimum atomic E-state index is -4.71. The molecular formula is C17H11F3N4O. The molecule has 5 nitrogen and oxygen atoms in total. The number of aryl methyl sites for hydroxylation is 1. The van der Waals surface area contributed by atoms with E-state index in [9.17, 15) is 18.0 Å². The Morgan fingerprint density at radius 2 is 1.80 bits per heavy atom. The molecule has 3 heterocycles. The first-order valence-corrected chi connectivity index (χ1v) is 7.40. The molecule has 25 heavy (non-hydrogen) atoms. The number of H-pyrrole nitrogens is 1. The molecule has 4 rings (SSSR count). The topological polar surface area (TPSA) is 63.1 Å². The van der Waals surface area contributed by atoms with E-state index in [1.807, 2.05) is 0 Å². The molecule has 0 bridgehead atoms. The average molecular weight is 344 g/mol. The molecule has 0 saturated carbocycles. The quantitative estimate of drug-likeness (QED) is 0.574. The molecule has 0 aliphatic carbocycles. The van der Waals surface area contributed by atoms with Gasteiger partial charge in [-0.25, -0.2) is 14.5 Å². The predicted octanol–water partition coefficient (Wildman–Crippen LogP) is 3.57. The molecule has 1 N–H and O–H groups in total. The van der Waals surface area contributed by atoms with E-state index in [1.54, 1.807) is 43.3 Å². The van der Waals surface area contributed by atoms with E-state index in [0.717, 1.165) is 10.6 Å². The summed E-state index contributed by atoms with van der Waals surface area (Å²) in [6.07, 6.45) is -4.71. The van der Waals surface area contributed by atoms with E-state index in [2.05, 4.69) is 15.1 Å². The number of hydrogen-bond acceptors (Lipinski definition) is 3. The maximum Gasteiger partial charge on any atom is 0.417 e. The molecule has 126 valence electrons. The highest BCUT2D eigenvalue weighted by Gasteiger charge is 2.35. The van der Waals surface area contributed by atoms with Gasteiger partial charge in [-0.05, 0) is 13.0 Å². The van der Waals surface area contributed by atoms with E-state index >= 15 is 0 Å². The lowest BCUT2D eigenvalue weighted by atomic mass is 10.1. The lowest BCUT2D eigenvalue weighted by Crippen LogP contribution is -2.20. The number of aromatic amines is 1. The fraction of sp³-hybridized carbons (Fsp3) is 0.118. The second kappa shape index (κ2) is 5.17. The van der Waals surface area contributed by atoms with Crippen LogP contribution in [0.15, 0.2) is 47.3 Å². The Balaban J connectivity index is 2.16. The summed E-state index contributed by atoms with van der Waals surface area (Å²) < 4.78 is 41.8.